The van der Waals surface area contributed by atoms with Gasteiger partial charge in [0.25, 0.3) is 18.0 Å². The Labute approximate surface area is 108 Å². The largest absolute Gasteiger partial charge is 0.335 e. The molecule has 1 N–H and O–H groups in total. The molecule has 18 heavy (non-hydrogen) atoms. The van der Waals surface area contributed by atoms with Gasteiger partial charge in [0.1, 0.15) is 5.82 Å². The minimum atomic E-state index is -2.45. The van der Waals surface area contributed by atoms with Crippen molar-refractivity contribution in [2.24, 2.45) is 0 Å². The number of imide groups is 2. The fourth-order valence-electron chi connectivity index (χ4n) is 1.42. The van der Waals surface area contributed by atoms with Crippen molar-refractivity contribution in [3.8, 4) is 0 Å². The van der Waals surface area contributed by atoms with Gasteiger partial charge < -0.3 is 0 Å². The van der Waals surface area contributed by atoms with Crippen molar-refractivity contribution in [3.05, 3.63) is 28.5 Å². The molecule has 1 unspecified atom stereocenters. The number of benzene rings is 1. The summed E-state index contributed by atoms with van der Waals surface area (Å²) in [5, 5.41) is 1.69. The molecule has 0 spiro atoms. The number of nitrogens with one attached hydrogen (secondary N) is 1. The Morgan fingerprint density at radius 1 is 1.28 bits per heavy atom. The van der Waals surface area contributed by atoms with Crippen molar-refractivity contribution >= 4 is 39.5 Å². The van der Waals surface area contributed by atoms with Crippen LogP contribution in [0.5, 0.6) is 0 Å². The van der Waals surface area contributed by atoms with Gasteiger partial charge in [-0.3, -0.25) is 14.9 Å². The van der Waals surface area contributed by atoms with E-state index in [1.165, 1.54) is 0 Å². The molecule has 0 saturated carbocycles. The number of carbonyl (C=O) groups is 3. The van der Waals surface area contributed by atoms with Crippen molar-refractivity contribution in [2.75, 3.05) is 4.90 Å². The summed E-state index contributed by atoms with van der Waals surface area (Å²) >= 11 is 2.87. The molecule has 2 rings (SSSR count). The lowest BCUT2D eigenvalue weighted by atomic mass is 10.2. The zero-order chi connectivity index (χ0) is 13.4. The first-order chi connectivity index (χ1) is 8.41. The molecule has 1 fully saturated rings. The number of nitrogens with zero attached hydrogens (tertiary/aromatic N) is 1. The van der Waals surface area contributed by atoms with E-state index in [1.807, 2.05) is 0 Å². The minimum Gasteiger partial charge on any atom is -0.274 e. The highest BCUT2D eigenvalue weighted by Gasteiger charge is 2.41. The van der Waals surface area contributed by atoms with Gasteiger partial charge in [0, 0.05) is 0 Å². The van der Waals surface area contributed by atoms with E-state index in [1.54, 1.807) is 5.32 Å². The van der Waals surface area contributed by atoms with Gasteiger partial charge in [-0.1, -0.05) is 0 Å². The smallest absolute Gasteiger partial charge is 0.274 e. The van der Waals surface area contributed by atoms with E-state index in [2.05, 4.69) is 15.9 Å². The topological polar surface area (TPSA) is 66.5 Å². The second kappa shape index (κ2) is 4.45. The quantitative estimate of drug-likeness (QED) is 0.798. The van der Waals surface area contributed by atoms with Gasteiger partial charge in [0.05, 0.1) is 10.2 Å². The lowest BCUT2D eigenvalue weighted by molar-refractivity contribution is -0.135. The molecule has 0 bridgehead atoms. The molecule has 1 aliphatic heterocycles. The Morgan fingerprint density at radius 3 is 2.56 bits per heavy atom. The predicted octanol–water partition coefficient (Wildman–Crippen LogP) is 1.51. The number of urea groups is 1. The fourth-order valence-corrected chi connectivity index (χ4v) is 1.79. The Kier molecular flexibility index (Phi) is 3.12. The van der Waals surface area contributed by atoms with Crippen LogP contribution in [-0.2, 0) is 9.59 Å². The summed E-state index contributed by atoms with van der Waals surface area (Å²) in [5.41, 5.74) is -0.0408. The summed E-state index contributed by atoms with van der Waals surface area (Å²) in [6.45, 7) is 0. The maximum atomic E-state index is 13.2. The molecule has 4 amide bonds. The first kappa shape index (κ1) is 12.6. The number of hydrogen-bond donors (Lipinski definition) is 1. The average Bonchev–Trinajstić information content (AvgIpc) is 2.31. The van der Waals surface area contributed by atoms with E-state index >= 15 is 0 Å². The standard InChI is InChI=1S/C10H5BrF2N2O3/c11-5-3-4(1-2-6(5)12)15-9(17)7(13)8(16)14-10(15)18/h1-3,7H,(H,14,16,18). The van der Waals surface area contributed by atoms with Crippen LogP contribution in [0.25, 0.3) is 0 Å². The van der Waals surface area contributed by atoms with Crippen LogP contribution >= 0.6 is 15.9 Å². The molecule has 94 valence electrons. The van der Waals surface area contributed by atoms with E-state index in [-0.39, 0.29) is 10.2 Å². The Morgan fingerprint density at radius 2 is 1.94 bits per heavy atom. The van der Waals surface area contributed by atoms with E-state index < -0.39 is 29.8 Å². The zero-order valence-electron chi connectivity index (χ0n) is 8.62. The summed E-state index contributed by atoms with van der Waals surface area (Å²) in [6.07, 6.45) is -2.45. The van der Waals surface area contributed by atoms with Crippen LogP contribution in [0.1, 0.15) is 0 Å². The third-order valence-electron chi connectivity index (χ3n) is 2.26. The number of hydrogen-bond acceptors (Lipinski definition) is 3. The highest BCUT2D eigenvalue weighted by Crippen LogP contribution is 2.25. The third kappa shape index (κ3) is 1.99. The molecule has 1 aromatic carbocycles. The van der Waals surface area contributed by atoms with Gasteiger partial charge in [-0.25, -0.2) is 18.5 Å². The molecular weight excluding hydrogens is 314 g/mol. The SMILES string of the molecule is O=C1NC(=O)N(c2ccc(F)c(Br)c2)C(=O)C1F. The van der Waals surface area contributed by atoms with Crippen molar-refractivity contribution in [1.82, 2.24) is 5.32 Å². The van der Waals surface area contributed by atoms with Gasteiger partial charge >= 0.3 is 6.03 Å². The number of barbiturate groups is 1. The van der Waals surface area contributed by atoms with Crippen LogP contribution in [-0.4, -0.2) is 24.0 Å². The molecule has 1 aliphatic rings. The Hall–Kier alpha value is -1.83. The molecule has 1 saturated heterocycles. The first-order valence-corrected chi connectivity index (χ1v) is 5.49. The minimum absolute atomic E-state index is 0.00732. The van der Waals surface area contributed by atoms with Gasteiger partial charge in [-0.05, 0) is 34.1 Å². The highest BCUT2D eigenvalue weighted by molar-refractivity contribution is 9.10. The fraction of sp³-hybridized carbons (Fsp3) is 0.100. The molecule has 1 heterocycles. The highest BCUT2D eigenvalue weighted by atomic mass is 79.9. The van der Waals surface area contributed by atoms with E-state index in [0.717, 1.165) is 18.2 Å². The van der Waals surface area contributed by atoms with Gasteiger partial charge in [0.15, 0.2) is 0 Å². The summed E-state index contributed by atoms with van der Waals surface area (Å²) in [4.78, 5) is 34.3. The summed E-state index contributed by atoms with van der Waals surface area (Å²) in [7, 11) is 0. The number of anilines is 1. The molecule has 1 aromatic rings. The second-order valence-electron chi connectivity index (χ2n) is 3.43. The van der Waals surface area contributed by atoms with Crippen molar-refractivity contribution in [1.29, 1.82) is 0 Å². The van der Waals surface area contributed by atoms with Crippen LogP contribution < -0.4 is 10.2 Å². The normalized spacial score (nSPS) is 20.1. The number of carbonyl (C=O) groups excluding carboxylic acids is 3. The van der Waals surface area contributed by atoms with Crippen LogP contribution in [0.4, 0.5) is 19.3 Å². The monoisotopic (exact) mass is 318 g/mol. The molecular formula is C10H5BrF2N2O3. The zero-order valence-corrected chi connectivity index (χ0v) is 10.2. The number of alkyl halides is 1. The summed E-state index contributed by atoms with van der Waals surface area (Å²) in [5.74, 6) is -3.21. The number of rotatable bonds is 1. The average molecular weight is 319 g/mol. The van der Waals surface area contributed by atoms with Crippen LogP contribution in [0, 0.1) is 5.82 Å². The van der Waals surface area contributed by atoms with E-state index in [0.29, 0.717) is 4.90 Å². The maximum absolute atomic E-state index is 13.2. The summed E-state index contributed by atoms with van der Waals surface area (Å²) in [6, 6.07) is 2.19. The molecule has 1 atom stereocenters. The molecule has 0 aromatic heterocycles. The van der Waals surface area contributed by atoms with Gasteiger partial charge in [-0.2, -0.15) is 0 Å². The van der Waals surface area contributed by atoms with Gasteiger partial charge in [-0.15, -0.1) is 0 Å². The first-order valence-electron chi connectivity index (χ1n) is 4.69. The lowest BCUT2D eigenvalue weighted by Gasteiger charge is -2.26. The Balaban J connectivity index is 2.42. The van der Waals surface area contributed by atoms with Crippen molar-refractivity contribution in [3.63, 3.8) is 0 Å². The number of halogens is 3. The van der Waals surface area contributed by atoms with Crippen LogP contribution in [0.2, 0.25) is 0 Å². The number of amides is 4. The van der Waals surface area contributed by atoms with Crippen LogP contribution in [0.3, 0.4) is 0 Å². The lowest BCUT2D eigenvalue weighted by Crippen LogP contribution is -2.59. The molecule has 8 heteroatoms. The molecule has 0 radical (unpaired) electrons. The van der Waals surface area contributed by atoms with E-state index in [9.17, 15) is 23.2 Å². The molecule has 0 aliphatic carbocycles. The predicted molar refractivity (Wildman–Crippen MR) is 60.0 cm³/mol. The van der Waals surface area contributed by atoms with Crippen molar-refractivity contribution in [2.45, 2.75) is 6.17 Å². The van der Waals surface area contributed by atoms with Gasteiger partial charge in [0.2, 0.25) is 0 Å². The summed E-state index contributed by atoms with van der Waals surface area (Å²) < 4.78 is 26.2. The van der Waals surface area contributed by atoms with E-state index in [4.69, 9.17) is 0 Å². The van der Waals surface area contributed by atoms with Crippen molar-refractivity contribution < 1.29 is 23.2 Å². The Bertz CT molecular complexity index is 564. The van der Waals surface area contributed by atoms with Crippen LogP contribution in [0.15, 0.2) is 22.7 Å². The third-order valence-corrected chi connectivity index (χ3v) is 2.87. The second-order valence-corrected chi connectivity index (χ2v) is 4.28. The maximum Gasteiger partial charge on any atom is 0.335 e. The molecule has 5 nitrogen and oxygen atoms in total.